The van der Waals surface area contributed by atoms with Gasteiger partial charge in [0.25, 0.3) is 0 Å². The van der Waals surface area contributed by atoms with Crippen molar-refractivity contribution in [2.75, 3.05) is 32.8 Å². The number of ether oxygens (including phenoxy) is 2. The lowest BCUT2D eigenvalue weighted by atomic mass is 10.3. The second-order valence-corrected chi connectivity index (χ2v) is 5.60. The molecule has 0 radical (unpaired) electrons. The fourth-order valence-corrected chi connectivity index (χ4v) is 2.48. The van der Waals surface area contributed by atoms with Gasteiger partial charge in [0.1, 0.15) is 0 Å². The summed E-state index contributed by atoms with van der Waals surface area (Å²) in [6.07, 6.45) is -0.329. The summed E-state index contributed by atoms with van der Waals surface area (Å²) >= 11 is 0. The van der Waals surface area contributed by atoms with Crippen molar-refractivity contribution in [3.63, 3.8) is 0 Å². The minimum absolute atomic E-state index is 0.142. The molecule has 8 heteroatoms. The molecule has 1 rings (SSSR count). The standard InChI is InChI=1S/C11H19N3O4S/c1-17-8-10(18-2)7-13-19(15,16)11-5-3-9(14-12)4-6-11/h3-6,10,13-14H,7-8,12H2,1-2H3. The van der Waals surface area contributed by atoms with E-state index in [1.165, 1.54) is 26.4 Å². The van der Waals surface area contributed by atoms with Gasteiger partial charge in [0.2, 0.25) is 10.0 Å². The molecule has 0 saturated carbocycles. The summed E-state index contributed by atoms with van der Waals surface area (Å²) in [6.45, 7) is 0.457. The van der Waals surface area contributed by atoms with Crippen molar-refractivity contribution in [2.45, 2.75) is 11.0 Å². The van der Waals surface area contributed by atoms with Gasteiger partial charge in [0, 0.05) is 26.5 Å². The van der Waals surface area contributed by atoms with E-state index in [2.05, 4.69) is 10.1 Å². The number of nitrogen functional groups attached to an aromatic ring is 1. The molecule has 4 N–H and O–H groups in total. The Balaban J connectivity index is 2.69. The number of rotatable bonds is 8. The highest BCUT2D eigenvalue weighted by Crippen LogP contribution is 2.12. The van der Waals surface area contributed by atoms with Gasteiger partial charge in [0.05, 0.1) is 17.6 Å². The maximum Gasteiger partial charge on any atom is 0.240 e. The van der Waals surface area contributed by atoms with Gasteiger partial charge in [0.15, 0.2) is 0 Å². The van der Waals surface area contributed by atoms with Gasteiger partial charge in [-0.3, -0.25) is 5.84 Å². The molecule has 0 aliphatic heterocycles. The van der Waals surface area contributed by atoms with Crippen LogP contribution in [0, 0.1) is 0 Å². The molecule has 0 heterocycles. The lowest BCUT2D eigenvalue weighted by molar-refractivity contribution is 0.0320. The Morgan fingerprint density at radius 1 is 1.26 bits per heavy atom. The number of nitrogens with one attached hydrogen (secondary N) is 2. The molecule has 19 heavy (non-hydrogen) atoms. The highest BCUT2D eigenvalue weighted by atomic mass is 32.2. The van der Waals surface area contributed by atoms with Crippen molar-refractivity contribution in [2.24, 2.45) is 5.84 Å². The van der Waals surface area contributed by atoms with Crippen molar-refractivity contribution < 1.29 is 17.9 Å². The normalized spacial score (nSPS) is 13.2. The molecule has 7 nitrogen and oxygen atoms in total. The molecule has 0 saturated heterocycles. The number of nitrogens with two attached hydrogens (primary N) is 1. The number of hydrazine groups is 1. The maximum atomic E-state index is 12.0. The van der Waals surface area contributed by atoms with Crippen LogP contribution in [0.15, 0.2) is 29.2 Å². The van der Waals surface area contributed by atoms with E-state index in [9.17, 15) is 8.42 Å². The average Bonchev–Trinajstić information content (AvgIpc) is 2.43. The van der Waals surface area contributed by atoms with Crippen LogP contribution in [0.1, 0.15) is 0 Å². The number of benzene rings is 1. The van der Waals surface area contributed by atoms with Crippen molar-refractivity contribution >= 4 is 15.7 Å². The second kappa shape index (κ2) is 7.41. The molecule has 1 atom stereocenters. The van der Waals surface area contributed by atoms with E-state index in [0.717, 1.165) is 0 Å². The zero-order valence-corrected chi connectivity index (χ0v) is 11.7. The van der Waals surface area contributed by atoms with Crippen LogP contribution < -0.4 is 16.0 Å². The zero-order valence-electron chi connectivity index (χ0n) is 10.9. The third kappa shape index (κ3) is 4.77. The van der Waals surface area contributed by atoms with Gasteiger partial charge in [-0.25, -0.2) is 13.1 Å². The van der Waals surface area contributed by atoms with Crippen molar-refractivity contribution in [3.8, 4) is 0 Å². The summed E-state index contributed by atoms with van der Waals surface area (Å²) < 4.78 is 36.5. The first-order valence-corrected chi connectivity index (χ1v) is 7.10. The maximum absolute atomic E-state index is 12.0. The van der Waals surface area contributed by atoms with Crippen LogP contribution in [-0.4, -0.2) is 41.9 Å². The molecular weight excluding hydrogens is 270 g/mol. The Morgan fingerprint density at radius 3 is 2.37 bits per heavy atom. The Labute approximate surface area is 113 Å². The van der Waals surface area contributed by atoms with E-state index in [-0.39, 0.29) is 17.5 Å². The molecule has 0 aliphatic rings. The molecule has 0 aromatic heterocycles. The second-order valence-electron chi connectivity index (χ2n) is 3.83. The molecule has 108 valence electrons. The van der Waals surface area contributed by atoms with Crippen LogP contribution in [0.2, 0.25) is 0 Å². The van der Waals surface area contributed by atoms with E-state index in [1.807, 2.05) is 0 Å². The fraction of sp³-hybridized carbons (Fsp3) is 0.455. The number of hydrogen-bond donors (Lipinski definition) is 3. The number of anilines is 1. The Bertz CT molecular complexity index is 475. The predicted octanol–water partition coefficient (Wildman–Crippen LogP) is -0.0881. The third-order valence-corrected chi connectivity index (χ3v) is 3.96. The summed E-state index contributed by atoms with van der Waals surface area (Å²) in [7, 11) is -0.536. The summed E-state index contributed by atoms with van der Waals surface area (Å²) in [6, 6.07) is 6.10. The molecule has 0 aliphatic carbocycles. The average molecular weight is 289 g/mol. The van der Waals surface area contributed by atoms with Gasteiger partial charge in [-0.2, -0.15) is 0 Å². The SMILES string of the molecule is COCC(CNS(=O)(=O)c1ccc(NN)cc1)OC. The summed E-state index contributed by atoms with van der Waals surface area (Å²) in [5.41, 5.74) is 3.06. The predicted molar refractivity (Wildman–Crippen MR) is 72.1 cm³/mol. The van der Waals surface area contributed by atoms with Crippen LogP contribution in [0.5, 0.6) is 0 Å². The lowest BCUT2D eigenvalue weighted by Gasteiger charge is -2.15. The van der Waals surface area contributed by atoms with E-state index >= 15 is 0 Å². The first-order chi connectivity index (χ1) is 9.03. The van der Waals surface area contributed by atoms with Gasteiger partial charge in [-0.1, -0.05) is 0 Å². The first kappa shape index (κ1) is 15.9. The Morgan fingerprint density at radius 2 is 1.89 bits per heavy atom. The van der Waals surface area contributed by atoms with Gasteiger partial charge >= 0.3 is 0 Å². The van der Waals surface area contributed by atoms with E-state index in [4.69, 9.17) is 15.3 Å². The van der Waals surface area contributed by atoms with Crippen LogP contribution >= 0.6 is 0 Å². The number of methoxy groups -OCH3 is 2. The smallest absolute Gasteiger partial charge is 0.240 e. The van der Waals surface area contributed by atoms with Crippen molar-refractivity contribution in [1.82, 2.24) is 4.72 Å². The largest absolute Gasteiger partial charge is 0.382 e. The Kier molecular flexibility index (Phi) is 6.19. The van der Waals surface area contributed by atoms with Crippen LogP contribution in [-0.2, 0) is 19.5 Å². The highest BCUT2D eigenvalue weighted by molar-refractivity contribution is 7.89. The summed E-state index contributed by atoms with van der Waals surface area (Å²) in [5, 5.41) is 0. The van der Waals surface area contributed by atoms with E-state index in [1.54, 1.807) is 12.1 Å². The van der Waals surface area contributed by atoms with Crippen LogP contribution in [0.25, 0.3) is 0 Å². The van der Waals surface area contributed by atoms with E-state index in [0.29, 0.717) is 12.3 Å². The lowest BCUT2D eigenvalue weighted by Crippen LogP contribution is -2.35. The van der Waals surface area contributed by atoms with Crippen LogP contribution in [0.3, 0.4) is 0 Å². The van der Waals surface area contributed by atoms with Gasteiger partial charge in [-0.05, 0) is 24.3 Å². The third-order valence-electron chi connectivity index (χ3n) is 2.52. The number of hydrogen-bond acceptors (Lipinski definition) is 6. The minimum Gasteiger partial charge on any atom is -0.382 e. The monoisotopic (exact) mass is 289 g/mol. The summed E-state index contributed by atoms with van der Waals surface area (Å²) in [5.74, 6) is 5.21. The minimum atomic E-state index is -3.56. The summed E-state index contributed by atoms with van der Waals surface area (Å²) in [4.78, 5) is 0.166. The van der Waals surface area contributed by atoms with Gasteiger partial charge in [-0.15, -0.1) is 0 Å². The molecule has 0 amide bonds. The molecular formula is C11H19N3O4S. The van der Waals surface area contributed by atoms with E-state index < -0.39 is 10.0 Å². The van der Waals surface area contributed by atoms with Crippen LogP contribution in [0.4, 0.5) is 5.69 Å². The first-order valence-electron chi connectivity index (χ1n) is 5.61. The fourth-order valence-electron chi connectivity index (χ4n) is 1.41. The molecule has 0 bridgehead atoms. The Hall–Kier alpha value is -1.19. The molecule has 1 unspecified atom stereocenters. The van der Waals surface area contributed by atoms with Gasteiger partial charge < -0.3 is 14.9 Å². The molecule has 0 spiro atoms. The zero-order chi connectivity index (χ0) is 14.3. The molecule has 1 aromatic carbocycles. The number of sulfonamides is 1. The van der Waals surface area contributed by atoms with Crippen molar-refractivity contribution in [3.05, 3.63) is 24.3 Å². The molecule has 0 fully saturated rings. The quantitative estimate of drug-likeness (QED) is 0.456. The topological polar surface area (TPSA) is 103 Å². The van der Waals surface area contributed by atoms with Crippen molar-refractivity contribution in [1.29, 1.82) is 0 Å². The highest BCUT2D eigenvalue weighted by Gasteiger charge is 2.16. The molecule has 1 aromatic rings.